The molecule has 1 aromatic carbocycles. The van der Waals surface area contributed by atoms with Crippen LogP contribution in [0.1, 0.15) is 37.0 Å². The number of aliphatic hydroxyl groups excluding tert-OH is 1. The summed E-state index contributed by atoms with van der Waals surface area (Å²) < 4.78 is 5.59. The van der Waals surface area contributed by atoms with Crippen molar-refractivity contribution in [1.82, 2.24) is 10.3 Å². The average molecular weight is 328 g/mol. The van der Waals surface area contributed by atoms with Crippen LogP contribution in [0.25, 0.3) is 0 Å². The lowest BCUT2D eigenvalue weighted by atomic mass is 9.89. The highest BCUT2D eigenvalue weighted by Crippen LogP contribution is 2.20. The lowest BCUT2D eigenvalue weighted by Gasteiger charge is -2.21. The third-order valence-electron chi connectivity index (χ3n) is 3.71. The fourth-order valence-electron chi connectivity index (χ4n) is 2.13. The van der Waals surface area contributed by atoms with Crippen LogP contribution in [-0.4, -0.2) is 29.1 Å². The third-order valence-corrected chi connectivity index (χ3v) is 3.71. The number of carbonyl (C=O) groups excluding carboxylic acids is 1. The second-order valence-corrected chi connectivity index (χ2v) is 6.48. The summed E-state index contributed by atoms with van der Waals surface area (Å²) in [5.74, 6) is 0.992. The molecular formula is C19H24N2O3. The molecule has 2 N–H and O–H groups in total. The number of rotatable bonds is 8. The number of pyridine rings is 1. The van der Waals surface area contributed by atoms with E-state index < -0.39 is 0 Å². The smallest absolute Gasteiger partial charge is 0.252 e. The van der Waals surface area contributed by atoms with Crippen molar-refractivity contribution < 1.29 is 14.6 Å². The van der Waals surface area contributed by atoms with Gasteiger partial charge in [0.2, 0.25) is 5.88 Å². The minimum absolute atomic E-state index is 0.108. The normalized spacial score (nSPS) is 11.1. The van der Waals surface area contributed by atoms with Crippen LogP contribution in [0.4, 0.5) is 0 Å². The van der Waals surface area contributed by atoms with E-state index in [1.807, 2.05) is 44.2 Å². The van der Waals surface area contributed by atoms with Crippen LogP contribution in [-0.2, 0) is 0 Å². The Morgan fingerprint density at radius 3 is 2.58 bits per heavy atom. The summed E-state index contributed by atoms with van der Waals surface area (Å²) in [6.45, 7) is 4.73. The van der Waals surface area contributed by atoms with Crippen molar-refractivity contribution in [3.63, 3.8) is 0 Å². The van der Waals surface area contributed by atoms with Crippen LogP contribution in [0.15, 0.2) is 48.7 Å². The van der Waals surface area contributed by atoms with E-state index in [-0.39, 0.29) is 17.9 Å². The number of carbonyl (C=O) groups is 1. The Hall–Kier alpha value is -2.40. The second kappa shape index (κ2) is 8.45. The molecule has 0 aliphatic rings. The number of amides is 1. The molecular weight excluding hydrogens is 304 g/mol. The fourth-order valence-corrected chi connectivity index (χ4v) is 2.13. The summed E-state index contributed by atoms with van der Waals surface area (Å²) in [4.78, 5) is 16.2. The van der Waals surface area contributed by atoms with Crippen LogP contribution in [0.2, 0.25) is 0 Å². The summed E-state index contributed by atoms with van der Waals surface area (Å²) >= 11 is 0. The molecule has 1 heterocycles. The Balaban J connectivity index is 1.81. The molecule has 0 bridgehead atoms. The SMILES string of the molecule is CC(C)(CO)CCCNC(=O)c1ccc(Oc2ccccc2)nc1. The first kappa shape index (κ1) is 17.9. The second-order valence-electron chi connectivity index (χ2n) is 6.48. The number of nitrogens with one attached hydrogen (secondary N) is 1. The molecule has 24 heavy (non-hydrogen) atoms. The van der Waals surface area contributed by atoms with Crippen molar-refractivity contribution in [3.05, 3.63) is 54.2 Å². The maximum atomic E-state index is 12.1. The summed E-state index contributed by atoms with van der Waals surface area (Å²) in [6.07, 6.45) is 3.18. The van der Waals surface area contributed by atoms with Gasteiger partial charge in [-0.05, 0) is 36.5 Å². The molecule has 2 rings (SSSR count). The Morgan fingerprint density at radius 1 is 1.21 bits per heavy atom. The molecule has 5 heteroatoms. The van der Waals surface area contributed by atoms with Crippen LogP contribution >= 0.6 is 0 Å². The predicted octanol–water partition coefficient (Wildman–Crippen LogP) is 3.40. The molecule has 0 fully saturated rings. The van der Waals surface area contributed by atoms with Gasteiger partial charge in [-0.3, -0.25) is 4.79 Å². The Kier molecular flexibility index (Phi) is 6.32. The number of ether oxygens (including phenoxy) is 1. The molecule has 128 valence electrons. The Labute approximate surface area is 142 Å². The fraction of sp³-hybridized carbons (Fsp3) is 0.368. The van der Waals surface area contributed by atoms with E-state index in [0.29, 0.717) is 23.7 Å². The molecule has 1 aromatic heterocycles. The molecule has 2 aromatic rings. The van der Waals surface area contributed by atoms with Crippen molar-refractivity contribution in [2.75, 3.05) is 13.2 Å². The molecule has 5 nitrogen and oxygen atoms in total. The molecule has 0 spiro atoms. The van der Waals surface area contributed by atoms with E-state index in [1.54, 1.807) is 12.1 Å². The zero-order chi connectivity index (χ0) is 17.4. The lowest BCUT2D eigenvalue weighted by molar-refractivity contribution is 0.0948. The molecule has 0 saturated heterocycles. The van der Waals surface area contributed by atoms with E-state index >= 15 is 0 Å². The van der Waals surface area contributed by atoms with E-state index in [9.17, 15) is 9.90 Å². The van der Waals surface area contributed by atoms with Gasteiger partial charge in [0.15, 0.2) is 0 Å². The monoisotopic (exact) mass is 328 g/mol. The van der Waals surface area contributed by atoms with Crippen LogP contribution in [0, 0.1) is 5.41 Å². The number of nitrogens with zero attached hydrogens (tertiary/aromatic N) is 1. The quantitative estimate of drug-likeness (QED) is 0.729. The summed E-state index contributed by atoms with van der Waals surface area (Å²) in [7, 11) is 0. The average Bonchev–Trinajstić information content (AvgIpc) is 2.60. The van der Waals surface area contributed by atoms with E-state index in [0.717, 1.165) is 12.8 Å². The first-order valence-corrected chi connectivity index (χ1v) is 8.08. The topological polar surface area (TPSA) is 71.5 Å². The Bertz CT molecular complexity index is 639. The van der Waals surface area contributed by atoms with Gasteiger partial charge in [0.05, 0.1) is 5.56 Å². The van der Waals surface area contributed by atoms with Crippen molar-refractivity contribution in [1.29, 1.82) is 0 Å². The minimum atomic E-state index is -0.157. The van der Waals surface area contributed by atoms with Gasteiger partial charge in [-0.2, -0.15) is 0 Å². The molecule has 0 saturated carbocycles. The van der Waals surface area contributed by atoms with E-state index in [1.165, 1.54) is 6.20 Å². The number of hydrogen-bond acceptors (Lipinski definition) is 4. The van der Waals surface area contributed by atoms with E-state index in [2.05, 4.69) is 10.3 Å². The molecule has 0 aliphatic heterocycles. The summed E-state index contributed by atoms with van der Waals surface area (Å²) in [6, 6.07) is 12.7. The highest BCUT2D eigenvalue weighted by atomic mass is 16.5. The van der Waals surface area contributed by atoms with Crippen LogP contribution < -0.4 is 10.1 Å². The number of aromatic nitrogens is 1. The van der Waals surface area contributed by atoms with Gasteiger partial charge in [0, 0.05) is 25.4 Å². The molecule has 0 aliphatic carbocycles. The van der Waals surface area contributed by atoms with Crippen molar-refractivity contribution in [3.8, 4) is 11.6 Å². The van der Waals surface area contributed by atoms with Gasteiger partial charge >= 0.3 is 0 Å². The highest BCUT2D eigenvalue weighted by Gasteiger charge is 2.15. The zero-order valence-corrected chi connectivity index (χ0v) is 14.2. The predicted molar refractivity (Wildman–Crippen MR) is 93.2 cm³/mol. The standard InChI is InChI=1S/C19H24N2O3/c1-19(2,14-22)11-6-12-20-18(23)15-9-10-17(21-13-15)24-16-7-4-3-5-8-16/h3-5,7-10,13,22H,6,11-12,14H2,1-2H3,(H,20,23). The highest BCUT2D eigenvalue weighted by molar-refractivity contribution is 5.93. The van der Waals surface area contributed by atoms with Crippen molar-refractivity contribution >= 4 is 5.91 Å². The van der Waals surface area contributed by atoms with E-state index in [4.69, 9.17) is 4.74 Å². The molecule has 0 radical (unpaired) electrons. The zero-order valence-electron chi connectivity index (χ0n) is 14.2. The van der Waals surface area contributed by atoms with Crippen LogP contribution in [0.5, 0.6) is 11.6 Å². The Morgan fingerprint density at radius 2 is 1.96 bits per heavy atom. The molecule has 1 amide bonds. The van der Waals surface area contributed by atoms with Gasteiger partial charge in [-0.15, -0.1) is 0 Å². The number of para-hydroxylation sites is 1. The lowest BCUT2D eigenvalue weighted by Crippen LogP contribution is -2.26. The number of benzene rings is 1. The largest absolute Gasteiger partial charge is 0.439 e. The molecule has 0 unspecified atom stereocenters. The number of aliphatic hydroxyl groups is 1. The maximum absolute atomic E-state index is 12.1. The molecule has 0 atom stereocenters. The number of hydrogen-bond donors (Lipinski definition) is 2. The summed E-state index contributed by atoms with van der Waals surface area (Å²) in [5, 5.41) is 12.1. The first-order chi connectivity index (χ1) is 11.5. The third kappa shape index (κ3) is 5.66. The van der Waals surface area contributed by atoms with Gasteiger partial charge in [-0.1, -0.05) is 32.0 Å². The van der Waals surface area contributed by atoms with Gasteiger partial charge < -0.3 is 15.2 Å². The van der Waals surface area contributed by atoms with Gasteiger partial charge in [0.25, 0.3) is 5.91 Å². The maximum Gasteiger partial charge on any atom is 0.252 e. The summed E-state index contributed by atoms with van der Waals surface area (Å²) in [5.41, 5.74) is 0.389. The van der Waals surface area contributed by atoms with Crippen molar-refractivity contribution in [2.45, 2.75) is 26.7 Å². The van der Waals surface area contributed by atoms with Crippen molar-refractivity contribution in [2.24, 2.45) is 5.41 Å². The first-order valence-electron chi connectivity index (χ1n) is 8.08. The van der Waals surface area contributed by atoms with Gasteiger partial charge in [-0.25, -0.2) is 4.98 Å². The minimum Gasteiger partial charge on any atom is -0.439 e. The van der Waals surface area contributed by atoms with Gasteiger partial charge in [0.1, 0.15) is 5.75 Å². The van der Waals surface area contributed by atoms with Crippen LogP contribution in [0.3, 0.4) is 0 Å².